The number of hydrogen-bond donors (Lipinski definition) is 1. The van der Waals surface area contributed by atoms with Crippen LogP contribution in [-0.2, 0) is 6.54 Å². The smallest absolute Gasteiger partial charge is 0.165 e. The minimum Gasteiger partial charge on any atom is -0.485 e. The molecule has 0 aliphatic rings. The van der Waals surface area contributed by atoms with E-state index < -0.39 is 5.82 Å². The summed E-state index contributed by atoms with van der Waals surface area (Å²) in [5.41, 5.74) is 1.89. The highest BCUT2D eigenvalue weighted by Crippen LogP contribution is 2.24. The Morgan fingerprint density at radius 3 is 2.68 bits per heavy atom. The monoisotopic (exact) mass is 305 g/mol. The van der Waals surface area contributed by atoms with Gasteiger partial charge in [-0.25, -0.2) is 4.39 Å². The number of halogens is 3. The molecule has 19 heavy (non-hydrogen) atoms. The van der Waals surface area contributed by atoms with Crippen LogP contribution >= 0.6 is 23.2 Å². The van der Waals surface area contributed by atoms with E-state index in [4.69, 9.17) is 27.9 Å². The minimum absolute atomic E-state index is 0.0501. The fourth-order valence-electron chi connectivity index (χ4n) is 1.39. The topological polar surface area (TPSA) is 21.3 Å². The Balaban J connectivity index is 2.83. The van der Waals surface area contributed by atoms with E-state index in [1.54, 1.807) is 6.07 Å². The highest BCUT2D eigenvalue weighted by atomic mass is 35.5. The van der Waals surface area contributed by atoms with Crippen LogP contribution in [0.2, 0.25) is 0 Å². The average Bonchev–Trinajstić information content (AvgIpc) is 2.33. The predicted octanol–water partition coefficient (Wildman–Crippen LogP) is 4.41. The summed E-state index contributed by atoms with van der Waals surface area (Å²) >= 11 is 11.2. The molecule has 0 bridgehead atoms. The predicted molar refractivity (Wildman–Crippen MR) is 78.3 cm³/mol. The lowest BCUT2D eigenvalue weighted by Crippen LogP contribution is -2.35. The molecule has 0 aliphatic heterocycles. The van der Waals surface area contributed by atoms with Crippen molar-refractivity contribution in [3.05, 3.63) is 40.1 Å². The number of nitrogens with one attached hydrogen (secondary N) is 1. The van der Waals surface area contributed by atoms with Crippen LogP contribution in [0.3, 0.4) is 0 Å². The maximum absolute atomic E-state index is 13.8. The molecule has 0 fully saturated rings. The van der Waals surface area contributed by atoms with Crippen LogP contribution in [0.5, 0.6) is 5.75 Å². The zero-order valence-corrected chi connectivity index (χ0v) is 12.8. The second-order valence-electron chi connectivity index (χ2n) is 5.18. The van der Waals surface area contributed by atoms with E-state index in [9.17, 15) is 4.39 Å². The summed E-state index contributed by atoms with van der Waals surface area (Å²) in [6, 6.07) is 4.82. The lowest BCUT2D eigenvalue weighted by Gasteiger charge is -2.21. The van der Waals surface area contributed by atoms with Crippen molar-refractivity contribution in [1.82, 2.24) is 5.32 Å². The highest BCUT2D eigenvalue weighted by molar-refractivity contribution is 6.36. The molecule has 0 amide bonds. The summed E-state index contributed by atoms with van der Waals surface area (Å²) in [5, 5.41) is 3.61. The Hall–Kier alpha value is -0.770. The van der Waals surface area contributed by atoms with Gasteiger partial charge in [0.2, 0.25) is 0 Å². The van der Waals surface area contributed by atoms with Crippen molar-refractivity contribution in [3.8, 4) is 5.75 Å². The Bertz CT molecular complexity index is 455. The fraction of sp³-hybridized carbons (Fsp3) is 0.429. The van der Waals surface area contributed by atoms with Crippen molar-refractivity contribution in [2.45, 2.75) is 32.9 Å². The van der Waals surface area contributed by atoms with E-state index >= 15 is 0 Å². The summed E-state index contributed by atoms with van der Waals surface area (Å²) in [7, 11) is 0. The van der Waals surface area contributed by atoms with Gasteiger partial charge in [-0.3, -0.25) is 0 Å². The lowest BCUT2D eigenvalue weighted by molar-refractivity contribution is 0.329. The third-order valence-corrected chi connectivity index (χ3v) is 2.92. The zero-order valence-electron chi connectivity index (χ0n) is 11.3. The number of benzene rings is 1. The molecule has 0 radical (unpaired) electrons. The molecule has 1 rings (SSSR count). The maximum atomic E-state index is 13.8. The molecule has 0 heterocycles. The van der Waals surface area contributed by atoms with E-state index in [1.807, 2.05) is 26.8 Å². The Kier molecular flexibility index (Phi) is 6.11. The van der Waals surface area contributed by atoms with Crippen LogP contribution in [0.15, 0.2) is 28.8 Å². The normalized spacial score (nSPS) is 12.6. The quantitative estimate of drug-likeness (QED) is 0.870. The van der Waals surface area contributed by atoms with Crippen molar-refractivity contribution in [3.63, 3.8) is 0 Å². The molecule has 0 unspecified atom stereocenters. The number of rotatable bonds is 5. The minimum atomic E-state index is -0.410. The van der Waals surface area contributed by atoms with E-state index in [0.717, 1.165) is 5.56 Å². The molecule has 0 saturated heterocycles. The number of ether oxygens (including phenoxy) is 1. The number of para-hydroxylation sites is 1. The first-order valence-corrected chi connectivity index (χ1v) is 6.75. The third kappa shape index (κ3) is 5.81. The molecule has 0 saturated carbocycles. The van der Waals surface area contributed by atoms with Crippen LogP contribution in [0.4, 0.5) is 4.39 Å². The summed E-state index contributed by atoms with van der Waals surface area (Å²) in [5.74, 6) is -0.205. The molecule has 1 aromatic rings. The van der Waals surface area contributed by atoms with Crippen LogP contribution < -0.4 is 10.1 Å². The lowest BCUT2D eigenvalue weighted by atomic mass is 10.1. The van der Waals surface area contributed by atoms with Crippen molar-refractivity contribution < 1.29 is 9.13 Å². The van der Waals surface area contributed by atoms with Gasteiger partial charge >= 0.3 is 0 Å². The summed E-state index contributed by atoms with van der Waals surface area (Å²) in [4.78, 5) is 0. The van der Waals surface area contributed by atoms with Gasteiger partial charge in [0, 0.05) is 23.2 Å². The van der Waals surface area contributed by atoms with Gasteiger partial charge in [0.25, 0.3) is 0 Å². The van der Waals surface area contributed by atoms with Crippen LogP contribution in [0.25, 0.3) is 0 Å². The van der Waals surface area contributed by atoms with Gasteiger partial charge in [-0.05, 0) is 26.8 Å². The van der Waals surface area contributed by atoms with Crippen molar-refractivity contribution in [2.75, 3.05) is 6.61 Å². The summed E-state index contributed by atoms with van der Waals surface area (Å²) < 4.78 is 19.2. The first-order chi connectivity index (χ1) is 8.83. The molecular formula is C14H18Cl2FNO. The highest BCUT2D eigenvalue weighted by Gasteiger charge is 2.14. The second kappa shape index (κ2) is 7.13. The van der Waals surface area contributed by atoms with E-state index in [2.05, 4.69) is 5.32 Å². The average molecular weight is 306 g/mol. The van der Waals surface area contributed by atoms with Gasteiger partial charge in [-0.15, -0.1) is 0 Å². The molecule has 2 nitrogen and oxygen atoms in total. The fourth-order valence-corrected chi connectivity index (χ4v) is 1.50. The molecule has 0 aromatic heterocycles. The largest absolute Gasteiger partial charge is 0.485 e. The molecule has 0 atom stereocenters. The van der Waals surface area contributed by atoms with Crippen molar-refractivity contribution in [2.24, 2.45) is 0 Å². The summed E-state index contributed by atoms with van der Waals surface area (Å²) in [6.07, 6.45) is 0. The maximum Gasteiger partial charge on any atom is 0.165 e. The van der Waals surface area contributed by atoms with Crippen molar-refractivity contribution in [1.29, 1.82) is 0 Å². The zero-order chi connectivity index (χ0) is 14.5. The van der Waals surface area contributed by atoms with Crippen molar-refractivity contribution >= 4 is 23.2 Å². The van der Waals surface area contributed by atoms with Gasteiger partial charge in [0.15, 0.2) is 11.6 Å². The Morgan fingerprint density at radius 1 is 1.42 bits per heavy atom. The molecule has 1 N–H and O–H groups in total. The van der Waals surface area contributed by atoms with Gasteiger partial charge in [-0.1, -0.05) is 35.3 Å². The Morgan fingerprint density at radius 2 is 2.11 bits per heavy atom. The molecule has 0 aliphatic carbocycles. The molecular weight excluding hydrogens is 288 g/mol. The number of hydrogen-bond acceptors (Lipinski definition) is 2. The van der Waals surface area contributed by atoms with Crippen LogP contribution in [0, 0.1) is 5.82 Å². The van der Waals surface area contributed by atoms with Gasteiger partial charge < -0.3 is 10.1 Å². The second-order valence-corrected chi connectivity index (χ2v) is 5.88. The van der Waals surface area contributed by atoms with Crippen LogP contribution in [-0.4, -0.2) is 12.1 Å². The van der Waals surface area contributed by atoms with Gasteiger partial charge in [0.05, 0.1) is 5.03 Å². The molecule has 0 spiro atoms. The third-order valence-electron chi connectivity index (χ3n) is 2.33. The molecule has 1 aromatic carbocycles. The van der Waals surface area contributed by atoms with Crippen LogP contribution in [0.1, 0.15) is 26.3 Å². The van der Waals surface area contributed by atoms with E-state index in [-0.39, 0.29) is 17.9 Å². The SMILES string of the molecule is CC(C)(C)NCc1cccc(F)c1OC/C(Cl)=C/Cl. The van der Waals surface area contributed by atoms with E-state index in [1.165, 1.54) is 11.6 Å². The first-order valence-electron chi connectivity index (χ1n) is 5.93. The molecule has 5 heteroatoms. The van der Waals surface area contributed by atoms with Gasteiger partial charge in [0.1, 0.15) is 6.61 Å². The summed E-state index contributed by atoms with van der Waals surface area (Å²) in [6.45, 7) is 6.69. The van der Waals surface area contributed by atoms with E-state index in [0.29, 0.717) is 11.6 Å². The molecule has 106 valence electrons. The van der Waals surface area contributed by atoms with Gasteiger partial charge in [-0.2, -0.15) is 0 Å². The standard InChI is InChI=1S/C14H18Cl2FNO/c1-14(2,3)18-8-10-5-4-6-12(17)13(10)19-9-11(16)7-15/h4-7,18H,8-9H2,1-3H3/b11-7-. The first kappa shape index (κ1) is 16.3. The Labute approximate surface area is 123 Å².